The molecule has 1 unspecified atom stereocenters. The van der Waals surface area contributed by atoms with Gasteiger partial charge in [-0.15, -0.1) is 0 Å². The molecular formula is C13H22N2O. The summed E-state index contributed by atoms with van der Waals surface area (Å²) < 4.78 is 0. The molecule has 0 heterocycles. The number of aliphatic hydroxyl groups excluding tert-OH is 1. The van der Waals surface area contributed by atoms with Gasteiger partial charge >= 0.3 is 0 Å². The number of anilines is 1. The fraction of sp³-hybridized carbons (Fsp3) is 0.538. The lowest BCUT2D eigenvalue weighted by Gasteiger charge is -2.29. The normalized spacial score (nSPS) is 14.6. The van der Waals surface area contributed by atoms with Crippen LogP contribution in [0.25, 0.3) is 0 Å². The van der Waals surface area contributed by atoms with E-state index >= 15 is 0 Å². The highest BCUT2D eigenvalue weighted by Crippen LogP contribution is 2.22. The van der Waals surface area contributed by atoms with E-state index in [0.29, 0.717) is 0 Å². The van der Waals surface area contributed by atoms with Crippen LogP contribution < -0.4 is 10.2 Å². The van der Waals surface area contributed by atoms with Gasteiger partial charge in [0.15, 0.2) is 0 Å². The Morgan fingerprint density at radius 1 is 1.25 bits per heavy atom. The number of likely N-dealkylation sites (N-methyl/N-ethyl adjacent to an activating group) is 1. The number of hydrogen-bond donors (Lipinski definition) is 2. The number of nitrogens with one attached hydrogen (secondary N) is 1. The Morgan fingerprint density at radius 3 is 2.19 bits per heavy atom. The first-order valence-corrected chi connectivity index (χ1v) is 5.67. The van der Waals surface area contributed by atoms with Crippen molar-refractivity contribution in [2.75, 3.05) is 32.1 Å². The lowest BCUT2D eigenvalue weighted by molar-refractivity contribution is 0.177. The molecule has 1 rings (SSSR count). The first kappa shape index (κ1) is 13.0. The molecular weight excluding hydrogens is 200 g/mol. The van der Waals surface area contributed by atoms with Crippen LogP contribution in [0.4, 0.5) is 5.69 Å². The molecule has 1 atom stereocenters. The predicted molar refractivity (Wildman–Crippen MR) is 68.9 cm³/mol. The van der Waals surface area contributed by atoms with Crippen molar-refractivity contribution in [3.63, 3.8) is 0 Å². The Kier molecular flexibility index (Phi) is 4.33. The van der Waals surface area contributed by atoms with Crippen LogP contribution in [0.1, 0.15) is 19.4 Å². The molecule has 3 nitrogen and oxygen atoms in total. The van der Waals surface area contributed by atoms with Crippen molar-refractivity contribution in [2.24, 2.45) is 0 Å². The standard InChI is InChI=1S/C13H22N2O/c1-5-14-13(2,10-16)11-6-8-12(9-7-11)15(3)4/h6-9,14,16H,5,10H2,1-4H3. The average molecular weight is 222 g/mol. The minimum atomic E-state index is -0.348. The van der Waals surface area contributed by atoms with E-state index in [1.807, 2.05) is 27.9 Å². The van der Waals surface area contributed by atoms with Gasteiger partial charge in [0.2, 0.25) is 0 Å². The second kappa shape index (κ2) is 5.32. The van der Waals surface area contributed by atoms with E-state index in [1.165, 1.54) is 5.69 Å². The van der Waals surface area contributed by atoms with Crippen LogP contribution in [0.2, 0.25) is 0 Å². The predicted octanol–water partition coefficient (Wildman–Crippen LogP) is 1.57. The van der Waals surface area contributed by atoms with Gasteiger partial charge in [0.05, 0.1) is 12.1 Å². The number of aliphatic hydroxyl groups is 1. The molecule has 90 valence electrons. The lowest BCUT2D eigenvalue weighted by Crippen LogP contribution is -2.42. The highest BCUT2D eigenvalue weighted by molar-refractivity contribution is 5.47. The summed E-state index contributed by atoms with van der Waals surface area (Å²) in [6, 6.07) is 8.27. The third-order valence-corrected chi connectivity index (χ3v) is 2.90. The van der Waals surface area contributed by atoms with E-state index in [1.54, 1.807) is 0 Å². The molecule has 1 aromatic rings. The molecule has 0 amide bonds. The smallest absolute Gasteiger partial charge is 0.0652 e. The van der Waals surface area contributed by atoms with Crippen molar-refractivity contribution in [3.8, 4) is 0 Å². The lowest BCUT2D eigenvalue weighted by atomic mass is 9.92. The summed E-state index contributed by atoms with van der Waals surface area (Å²) in [5.41, 5.74) is 1.93. The number of nitrogens with zero attached hydrogens (tertiary/aromatic N) is 1. The van der Waals surface area contributed by atoms with Crippen molar-refractivity contribution >= 4 is 5.69 Å². The van der Waals surface area contributed by atoms with Crippen LogP contribution in [0.15, 0.2) is 24.3 Å². The Morgan fingerprint density at radius 2 is 1.81 bits per heavy atom. The molecule has 0 fully saturated rings. The van der Waals surface area contributed by atoms with Gasteiger partial charge in [0.25, 0.3) is 0 Å². The molecule has 16 heavy (non-hydrogen) atoms. The van der Waals surface area contributed by atoms with Crippen molar-refractivity contribution in [1.82, 2.24) is 5.32 Å². The maximum atomic E-state index is 9.48. The van der Waals surface area contributed by atoms with Crippen molar-refractivity contribution in [1.29, 1.82) is 0 Å². The van der Waals surface area contributed by atoms with Crippen molar-refractivity contribution in [2.45, 2.75) is 19.4 Å². The van der Waals surface area contributed by atoms with E-state index in [4.69, 9.17) is 0 Å². The van der Waals surface area contributed by atoms with Gasteiger partial charge in [0, 0.05) is 19.8 Å². The third kappa shape index (κ3) is 2.74. The number of hydrogen-bond acceptors (Lipinski definition) is 3. The van der Waals surface area contributed by atoms with Crippen LogP contribution in [-0.4, -0.2) is 32.4 Å². The Balaban J connectivity index is 2.94. The topological polar surface area (TPSA) is 35.5 Å². The molecule has 0 aromatic heterocycles. The summed E-state index contributed by atoms with van der Waals surface area (Å²) in [5.74, 6) is 0. The van der Waals surface area contributed by atoms with Crippen LogP contribution in [0.3, 0.4) is 0 Å². The van der Waals surface area contributed by atoms with Gasteiger partial charge in [-0.05, 0) is 31.2 Å². The van der Waals surface area contributed by atoms with E-state index in [9.17, 15) is 5.11 Å². The maximum absolute atomic E-state index is 9.48. The summed E-state index contributed by atoms with van der Waals surface area (Å²) >= 11 is 0. The quantitative estimate of drug-likeness (QED) is 0.794. The third-order valence-electron chi connectivity index (χ3n) is 2.90. The van der Waals surface area contributed by atoms with Gasteiger partial charge < -0.3 is 15.3 Å². The summed E-state index contributed by atoms with van der Waals surface area (Å²) in [6.45, 7) is 5.00. The fourth-order valence-corrected chi connectivity index (χ4v) is 1.77. The second-order valence-corrected chi connectivity index (χ2v) is 4.46. The summed E-state index contributed by atoms with van der Waals surface area (Å²) in [7, 11) is 4.04. The number of benzene rings is 1. The maximum Gasteiger partial charge on any atom is 0.0652 e. The molecule has 0 spiro atoms. The highest BCUT2D eigenvalue weighted by atomic mass is 16.3. The van der Waals surface area contributed by atoms with Gasteiger partial charge in [-0.1, -0.05) is 19.1 Å². The largest absolute Gasteiger partial charge is 0.394 e. The Bertz CT molecular complexity index is 321. The van der Waals surface area contributed by atoms with E-state index in [2.05, 4.69) is 34.5 Å². The summed E-state index contributed by atoms with van der Waals surface area (Å²) in [4.78, 5) is 2.06. The molecule has 0 radical (unpaired) electrons. The zero-order valence-electron chi connectivity index (χ0n) is 10.6. The van der Waals surface area contributed by atoms with Gasteiger partial charge in [-0.2, -0.15) is 0 Å². The molecule has 2 N–H and O–H groups in total. The molecule has 0 bridgehead atoms. The fourth-order valence-electron chi connectivity index (χ4n) is 1.77. The van der Waals surface area contributed by atoms with Crippen molar-refractivity contribution < 1.29 is 5.11 Å². The minimum Gasteiger partial charge on any atom is -0.394 e. The first-order valence-electron chi connectivity index (χ1n) is 5.67. The minimum absolute atomic E-state index is 0.0994. The van der Waals surface area contributed by atoms with Gasteiger partial charge in [0.1, 0.15) is 0 Å². The monoisotopic (exact) mass is 222 g/mol. The van der Waals surface area contributed by atoms with Crippen molar-refractivity contribution in [3.05, 3.63) is 29.8 Å². The average Bonchev–Trinajstić information content (AvgIpc) is 2.29. The molecule has 3 heteroatoms. The highest BCUT2D eigenvalue weighted by Gasteiger charge is 2.24. The Labute approximate surface area is 98.1 Å². The van der Waals surface area contributed by atoms with Crippen LogP contribution in [-0.2, 0) is 5.54 Å². The van der Waals surface area contributed by atoms with Gasteiger partial charge in [-0.25, -0.2) is 0 Å². The molecule has 0 aliphatic carbocycles. The molecule has 0 saturated heterocycles. The second-order valence-electron chi connectivity index (χ2n) is 4.46. The van der Waals surface area contributed by atoms with Crippen LogP contribution in [0.5, 0.6) is 0 Å². The molecule has 0 aliphatic heterocycles. The molecule has 0 saturated carbocycles. The number of rotatable bonds is 5. The Hall–Kier alpha value is -1.06. The van der Waals surface area contributed by atoms with Crippen LogP contribution in [0, 0.1) is 0 Å². The molecule has 1 aromatic carbocycles. The van der Waals surface area contributed by atoms with Crippen LogP contribution >= 0.6 is 0 Å². The van der Waals surface area contributed by atoms with E-state index in [-0.39, 0.29) is 12.1 Å². The van der Waals surface area contributed by atoms with E-state index < -0.39 is 0 Å². The summed E-state index contributed by atoms with van der Waals surface area (Å²) in [5, 5.41) is 12.8. The zero-order valence-corrected chi connectivity index (χ0v) is 10.6. The van der Waals surface area contributed by atoms with E-state index in [0.717, 1.165) is 12.1 Å². The van der Waals surface area contributed by atoms with Gasteiger partial charge in [-0.3, -0.25) is 0 Å². The molecule has 0 aliphatic rings. The summed E-state index contributed by atoms with van der Waals surface area (Å²) in [6.07, 6.45) is 0. The SMILES string of the molecule is CCNC(C)(CO)c1ccc(N(C)C)cc1. The first-order chi connectivity index (χ1) is 7.53. The zero-order chi connectivity index (χ0) is 12.2.